The van der Waals surface area contributed by atoms with Gasteiger partial charge in [0.25, 0.3) is 0 Å². The molecule has 1 rings (SSSR count). The van der Waals surface area contributed by atoms with Crippen LogP contribution in [0.1, 0.15) is 46.5 Å². The molecule has 0 aromatic carbocycles. The molecule has 0 aliphatic carbocycles. The summed E-state index contributed by atoms with van der Waals surface area (Å²) in [4.78, 5) is 14.2. The SMILES string of the molecule is CCOC(=O)[C@@H](N)[C@](C)(CC)N1CCCCC1. The minimum Gasteiger partial charge on any atom is -0.465 e. The van der Waals surface area contributed by atoms with Crippen LogP contribution in [0.4, 0.5) is 0 Å². The van der Waals surface area contributed by atoms with Crippen molar-refractivity contribution >= 4 is 5.97 Å². The lowest BCUT2D eigenvalue weighted by molar-refractivity contribution is -0.149. The number of piperidine rings is 1. The highest BCUT2D eigenvalue weighted by Gasteiger charge is 2.41. The average Bonchev–Trinajstić information content (AvgIpc) is 2.38. The van der Waals surface area contributed by atoms with Crippen molar-refractivity contribution in [2.75, 3.05) is 19.7 Å². The van der Waals surface area contributed by atoms with E-state index in [9.17, 15) is 4.79 Å². The summed E-state index contributed by atoms with van der Waals surface area (Å²) in [5.41, 5.74) is 5.84. The number of rotatable bonds is 5. The van der Waals surface area contributed by atoms with Crippen molar-refractivity contribution < 1.29 is 9.53 Å². The van der Waals surface area contributed by atoms with Gasteiger partial charge in [-0.05, 0) is 46.2 Å². The normalized spacial score (nSPS) is 22.8. The van der Waals surface area contributed by atoms with Gasteiger partial charge in [-0.15, -0.1) is 0 Å². The molecule has 0 aromatic rings. The molecule has 0 aromatic heterocycles. The van der Waals surface area contributed by atoms with Crippen molar-refractivity contribution in [2.45, 2.75) is 58.0 Å². The lowest BCUT2D eigenvalue weighted by Crippen LogP contribution is -2.62. The van der Waals surface area contributed by atoms with E-state index in [0.717, 1.165) is 19.5 Å². The maximum Gasteiger partial charge on any atom is 0.324 e. The van der Waals surface area contributed by atoms with E-state index < -0.39 is 6.04 Å². The van der Waals surface area contributed by atoms with Crippen molar-refractivity contribution in [3.63, 3.8) is 0 Å². The summed E-state index contributed by atoms with van der Waals surface area (Å²) < 4.78 is 5.05. The number of hydrogen-bond acceptors (Lipinski definition) is 4. The highest BCUT2D eigenvalue weighted by Crippen LogP contribution is 2.27. The van der Waals surface area contributed by atoms with Crippen LogP contribution in [0.25, 0.3) is 0 Å². The third-order valence-corrected chi connectivity index (χ3v) is 4.00. The second-order valence-corrected chi connectivity index (χ2v) is 4.99. The third-order valence-electron chi connectivity index (χ3n) is 4.00. The molecule has 1 aliphatic rings. The van der Waals surface area contributed by atoms with E-state index in [0.29, 0.717) is 6.61 Å². The summed E-state index contributed by atoms with van der Waals surface area (Å²) in [6.45, 7) is 8.46. The van der Waals surface area contributed by atoms with E-state index >= 15 is 0 Å². The molecule has 1 fully saturated rings. The molecule has 1 heterocycles. The first-order valence-corrected chi connectivity index (χ1v) is 6.73. The van der Waals surface area contributed by atoms with Crippen LogP contribution in [-0.2, 0) is 9.53 Å². The summed E-state index contributed by atoms with van der Waals surface area (Å²) in [5, 5.41) is 0. The molecule has 4 nitrogen and oxygen atoms in total. The second-order valence-electron chi connectivity index (χ2n) is 4.99. The van der Waals surface area contributed by atoms with Gasteiger partial charge >= 0.3 is 5.97 Å². The van der Waals surface area contributed by atoms with Gasteiger partial charge in [0.15, 0.2) is 0 Å². The fourth-order valence-electron chi connectivity index (χ4n) is 2.53. The molecule has 0 spiro atoms. The van der Waals surface area contributed by atoms with Crippen LogP contribution in [-0.4, -0.2) is 42.1 Å². The largest absolute Gasteiger partial charge is 0.465 e. The molecule has 2 N–H and O–H groups in total. The molecule has 0 unspecified atom stereocenters. The Bertz CT molecular complexity index is 252. The zero-order valence-electron chi connectivity index (χ0n) is 11.4. The fraction of sp³-hybridized carbons (Fsp3) is 0.923. The Morgan fingerprint density at radius 3 is 2.41 bits per heavy atom. The van der Waals surface area contributed by atoms with Gasteiger partial charge < -0.3 is 10.5 Å². The zero-order chi connectivity index (χ0) is 12.9. The predicted molar refractivity (Wildman–Crippen MR) is 68.7 cm³/mol. The van der Waals surface area contributed by atoms with Crippen molar-refractivity contribution in [1.82, 2.24) is 4.90 Å². The van der Waals surface area contributed by atoms with Crippen LogP contribution in [0.2, 0.25) is 0 Å². The minimum atomic E-state index is -0.550. The monoisotopic (exact) mass is 242 g/mol. The summed E-state index contributed by atoms with van der Waals surface area (Å²) in [6, 6.07) is -0.550. The predicted octanol–water partition coefficient (Wildman–Crippen LogP) is 1.53. The number of nitrogens with two attached hydrogens (primary N) is 1. The summed E-state index contributed by atoms with van der Waals surface area (Å²) in [7, 11) is 0. The number of hydrogen-bond donors (Lipinski definition) is 1. The van der Waals surface area contributed by atoms with Crippen molar-refractivity contribution in [1.29, 1.82) is 0 Å². The number of carbonyl (C=O) groups excluding carboxylic acids is 1. The van der Waals surface area contributed by atoms with Gasteiger partial charge in [-0.25, -0.2) is 0 Å². The Labute approximate surface area is 104 Å². The molecule has 4 heteroatoms. The number of nitrogens with zero attached hydrogens (tertiary/aromatic N) is 1. The van der Waals surface area contributed by atoms with Crippen LogP contribution in [0, 0.1) is 0 Å². The highest BCUT2D eigenvalue weighted by molar-refractivity contribution is 5.77. The maximum atomic E-state index is 11.8. The Morgan fingerprint density at radius 1 is 1.35 bits per heavy atom. The number of carbonyl (C=O) groups is 1. The lowest BCUT2D eigenvalue weighted by atomic mass is 9.86. The second kappa shape index (κ2) is 6.36. The first-order valence-electron chi connectivity index (χ1n) is 6.73. The van der Waals surface area contributed by atoms with E-state index in [4.69, 9.17) is 10.5 Å². The van der Waals surface area contributed by atoms with Gasteiger partial charge in [0.1, 0.15) is 6.04 Å². The van der Waals surface area contributed by atoms with Crippen LogP contribution >= 0.6 is 0 Å². The summed E-state index contributed by atoms with van der Waals surface area (Å²) in [6.07, 6.45) is 4.55. The van der Waals surface area contributed by atoms with Crippen LogP contribution in [0.3, 0.4) is 0 Å². The van der Waals surface area contributed by atoms with E-state index in [-0.39, 0.29) is 11.5 Å². The van der Waals surface area contributed by atoms with E-state index in [1.54, 1.807) is 0 Å². The molecule has 0 amide bonds. The average molecular weight is 242 g/mol. The Hall–Kier alpha value is -0.610. The molecule has 100 valence electrons. The van der Waals surface area contributed by atoms with Crippen LogP contribution in [0.5, 0.6) is 0 Å². The zero-order valence-corrected chi connectivity index (χ0v) is 11.4. The Kier molecular flexibility index (Phi) is 5.40. The Morgan fingerprint density at radius 2 is 1.94 bits per heavy atom. The van der Waals surface area contributed by atoms with Gasteiger partial charge in [-0.3, -0.25) is 9.69 Å². The summed E-state index contributed by atoms with van der Waals surface area (Å²) in [5.74, 6) is -0.276. The maximum absolute atomic E-state index is 11.8. The molecule has 2 atom stereocenters. The molecular weight excluding hydrogens is 216 g/mol. The molecular formula is C13H26N2O2. The standard InChI is InChI=1S/C13H26N2O2/c1-4-13(3,11(14)12(16)17-5-2)15-9-7-6-8-10-15/h11H,4-10,14H2,1-3H3/t11-,13+/m1/s1. The number of likely N-dealkylation sites (tertiary alicyclic amines) is 1. The van der Waals surface area contributed by atoms with E-state index in [2.05, 4.69) is 18.7 Å². The number of esters is 1. The van der Waals surface area contributed by atoms with Gasteiger partial charge in [0, 0.05) is 5.54 Å². The molecule has 0 radical (unpaired) electrons. The fourth-order valence-corrected chi connectivity index (χ4v) is 2.53. The smallest absolute Gasteiger partial charge is 0.324 e. The van der Waals surface area contributed by atoms with Crippen molar-refractivity contribution in [3.05, 3.63) is 0 Å². The van der Waals surface area contributed by atoms with E-state index in [1.165, 1.54) is 19.3 Å². The third kappa shape index (κ3) is 3.19. The Balaban J connectivity index is 2.74. The number of ether oxygens (including phenoxy) is 1. The topological polar surface area (TPSA) is 55.6 Å². The minimum absolute atomic E-state index is 0.271. The quantitative estimate of drug-likeness (QED) is 0.743. The van der Waals surface area contributed by atoms with E-state index in [1.807, 2.05) is 6.92 Å². The molecule has 1 aliphatic heterocycles. The van der Waals surface area contributed by atoms with Gasteiger partial charge in [-0.1, -0.05) is 13.3 Å². The first-order chi connectivity index (χ1) is 8.06. The van der Waals surface area contributed by atoms with Gasteiger partial charge in [0.2, 0.25) is 0 Å². The van der Waals surface area contributed by atoms with Crippen LogP contribution in [0.15, 0.2) is 0 Å². The van der Waals surface area contributed by atoms with Gasteiger partial charge in [-0.2, -0.15) is 0 Å². The first kappa shape index (κ1) is 14.5. The van der Waals surface area contributed by atoms with Crippen molar-refractivity contribution in [3.8, 4) is 0 Å². The summed E-state index contributed by atoms with van der Waals surface area (Å²) >= 11 is 0. The van der Waals surface area contributed by atoms with Gasteiger partial charge in [0.05, 0.1) is 6.61 Å². The molecule has 17 heavy (non-hydrogen) atoms. The highest BCUT2D eigenvalue weighted by atomic mass is 16.5. The molecule has 0 saturated carbocycles. The lowest BCUT2D eigenvalue weighted by Gasteiger charge is -2.45. The van der Waals surface area contributed by atoms with Crippen molar-refractivity contribution in [2.24, 2.45) is 5.73 Å². The molecule has 0 bridgehead atoms. The molecule has 1 saturated heterocycles. The van der Waals surface area contributed by atoms with Crippen LogP contribution < -0.4 is 5.73 Å².